The third-order valence-corrected chi connectivity index (χ3v) is 8.29. The molecule has 0 aliphatic heterocycles. The van der Waals surface area contributed by atoms with E-state index in [-0.39, 0.29) is 33.8 Å². The Bertz CT molecular complexity index is 1270. The van der Waals surface area contributed by atoms with Gasteiger partial charge in [0.25, 0.3) is 0 Å². The minimum atomic E-state index is -4.12. The molecule has 5 nitrogen and oxygen atoms in total. The first-order valence-corrected chi connectivity index (χ1v) is 14.6. The predicted octanol–water partition coefficient (Wildman–Crippen LogP) is 8.57. The summed E-state index contributed by atoms with van der Waals surface area (Å²) in [6.45, 7) is 2.49. The molecule has 3 aromatic rings. The molecule has 200 valence electrons. The fourth-order valence-corrected chi connectivity index (χ4v) is 6.17. The number of hydrogen-bond donors (Lipinski definition) is 1. The van der Waals surface area contributed by atoms with Gasteiger partial charge in [0, 0.05) is 18.1 Å². The van der Waals surface area contributed by atoms with Crippen LogP contribution in [-0.4, -0.2) is 24.4 Å². The van der Waals surface area contributed by atoms with E-state index in [1.807, 2.05) is 0 Å². The van der Waals surface area contributed by atoms with Crippen LogP contribution in [0.4, 0.5) is 4.39 Å². The fourth-order valence-electron chi connectivity index (χ4n) is 3.96. The van der Waals surface area contributed by atoms with Gasteiger partial charge in [0.2, 0.25) is 10.0 Å². The van der Waals surface area contributed by atoms with Crippen LogP contribution < -0.4 is 4.74 Å². The molecular formula is C28H32Cl2FNO4S. The summed E-state index contributed by atoms with van der Waals surface area (Å²) >= 11 is 12.1. The quantitative estimate of drug-likeness (QED) is 0.198. The van der Waals surface area contributed by atoms with Crippen LogP contribution in [0.1, 0.15) is 57.4 Å². The number of unbranched alkanes of at least 4 members (excludes halogenated alkanes) is 6. The first-order chi connectivity index (χ1) is 17.7. The van der Waals surface area contributed by atoms with E-state index in [4.69, 9.17) is 27.9 Å². The van der Waals surface area contributed by atoms with Crippen molar-refractivity contribution in [3.63, 3.8) is 0 Å². The highest BCUT2D eigenvalue weighted by molar-refractivity contribution is 7.89. The minimum absolute atomic E-state index is 0.0579. The Kier molecular flexibility index (Phi) is 11.1. The van der Waals surface area contributed by atoms with Crippen molar-refractivity contribution in [2.24, 2.45) is 0 Å². The second-order valence-electron chi connectivity index (χ2n) is 8.90. The van der Waals surface area contributed by atoms with Gasteiger partial charge in [-0.25, -0.2) is 12.8 Å². The van der Waals surface area contributed by atoms with Crippen LogP contribution >= 0.6 is 23.2 Å². The molecule has 0 aliphatic carbocycles. The molecule has 0 saturated carbocycles. The summed E-state index contributed by atoms with van der Waals surface area (Å²) in [6.07, 6.45) is 7.26. The Balaban J connectivity index is 1.81. The predicted molar refractivity (Wildman–Crippen MR) is 147 cm³/mol. The van der Waals surface area contributed by atoms with Gasteiger partial charge < -0.3 is 9.84 Å². The Hall–Kier alpha value is -2.32. The standard InChI is InChI=1S/C28H32Cl2FNO4S/c1-2-3-4-5-6-7-8-16-32(37(34,35)27-19-22(29)18-26(30)28(27)33)20-21-10-9-11-25(17-21)36-24-14-12-23(31)13-15-24/h9-15,17-19,33H,2-8,16,20H2,1H3. The van der Waals surface area contributed by atoms with Crippen molar-refractivity contribution in [3.8, 4) is 17.2 Å². The number of sulfonamides is 1. The number of rotatable bonds is 14. The second-order valence-corrected chi connectivity index (χ2v) is 11.6. The summed E-state index contributed by atoms with van der Waals surface area (Å²) in [5.74, 6) is 0.0660. The van der Waals surface area contributed by atoms with Gasteiger partial charge in [0.1, 0.15) is 22.2 Å². The van der Waals surface area contributed by atoms with Crippen molar-refractivity contribution >= 4 is 33.2 Å². The Morgan fingerprint density at radius 2 is 1.57 bits per heavy atom. The molecule has 0 heterocycles. The highest BCUT2D eigenvalue weighted by Crippen LogP contribution is 2.36. The van der Waals surface area contributed by atoms with Crippen LogP contribution in [-0.2, 0) is 16.6 Å². The normalized spacial score (nSPS) is 11.7. The molecule has 0 saturated heterocycles. The molecular weight excluding hydrogens is 536 g/mol. The molecule has 0 fully saturated rings. The maximum absolute atomic E-state index is 13.7. The summed E-state index contributed by atoms with van der Waals surface area (Å²) in [6, 6.07) is 15.2. The van der Waals surface area contributed by atoms with Crippen LogP contribution in [0.25, 0.3) is 0 Å². The Morgan fingerprint density at radius 1 is 0.892 bits per heavy atom. The van der Waals surface area contributed by atoms with Crippen LogP contribution in [0, 0.1) is 5.82 Å². The van der Waals surface area contributed by atoms with Crippen LogP contribution in [0.2, 0.25) is 10.0 Å². The summed E-state index contributed by atoms with van der Waals surface area (Å²) < 4.78 is 47.7. The topological polar surface area (TPSA) is 66.8 Å². The average molecular weight is 569 g/mol. The molecule has 0 spiro atoms. The third kappa shape index (κ3) is 8.60. The number of ether oxygens (including phenoxy) is 1. The highest BCUT2D eigenvalue weighted by atomic mass is 35.5. The lowest BCUT2D eigenvalue weighted by atomic mass is 10.1. The Morgan fingerprint density at radius 3 is 2.27 bits per heavy atom. The zero-order valence-electron chi connectivity index (χ0n) is 20.8. The van der Waals surface area contributed by atoms with E-state index in [1.165, 1.54) is 60.0 Å². The molecule has 0 unspecified atom stereocenters. The van der Waals surface area contributed by atoms with Gasteiger partial charge in [-0.15, -0.1) is 0 Å². The molecule has 0 amide bonds. The van der Waals surface area contributed by atoms with Gasteiger partial charge >= 0.3 is 0 Å². The number of aromatic hydroxyl groups is 1. The number of benzene rings is 3. The summed E-state index contributed by atoms with van der Waals surface area (Å²) in [5.41, 5.74) is 0.693. The van der Waals surface area contributed by atoms with Crippen molar-refractivity contribution in [1.82, 2.24) is 4.31 Å². The van der Waals surface area contributed by atoms with Gasteiger partial charge in [0.15, 0.2) is 5.75 Å². The van der Waals surface area contributed by atoms with E-state index in [0.29, 0.717) is 23.5 Å². The summed E-state index contributed by atoms with van der Waals surface area (Å²) in [4.78, 5) is -0.327. The van der Waals surface area contributed by atoms with E-state index in [1.54, 1.807) is 24.3 Å². The summed E-state index contributed by atoms with van der Waals surface area (Å²) in [7, 11) is -4.12. The average Bonchev–Trinajstić information content (AvgIpc) is 2.86. The molecule has 0 aromatic heterocycles. The molecule has 0 aliphatic rings. The molecule has 9 heteroatoms. The van der Waals surface area contributed by atoms with Crippen LogP contribution in [0.5, 0.6) is 17.2 Å². The lowest BCUT2D eigenvalue weighted by molar-refractivity contribution is 0.385. The number of phenolic OH excluding ortho intramolecular Hbond substituents is 1. The van der Waals surface area contributed by atoms with Gasteiger partial charge in [-0.1, -0.05) is 80.8 Å². The monoisotopic (exact) mass is 567 g/mol. The first kappa shape index (κ1) is 29.2. The summed E-state index contributed by atoms with van der Waals surface area (Å²) in [5, 5.41) is 10.4. The van der Waals surface area contributed by atoms with E-state index < -0.39 is 15.8 Å². The number of phenols is 1. The van der Waals surface area contributed by atoms with Gasteiger partial charge in [-0.2, -0.15) is 4.31 Å². The molecule has 3 aromatic carbocycles. The van der Waals surface area contributed by atoms with Gasteiger partial charge in [-0.3, -0.25) is 0 Å². The van der Waals surface area contributed by atoms with Crippen molar-refractivity contribution in [1.29, 1.82) is 0 Å². The molecule has 37 heavy (non-hydrogen) atoms. The van der Waals surface area contributed by atoms with Gasteiger partial charge in [-0.05, 0) is 60.5 Å². The largest absolute Gasteiger partial charge is 0.505 e. The smallest absolute Gasteiger partial charge is 0.247 e. The van der Waals surface area contributed by atoms with Crippen molar-refractivity contribution in [2.75, 3.05) is 6.54 Å². The lowest BCUT2D eigenvalue weighted by Gasteiger charge is -2.23. The maximum Gasteiger partial charge on any atom is 0.247 e. The zero-order chi connectivity index (χ0) is 26.8. The molecule has 0 atom stereocenters. The van der Waals surface area contributed by atoms with Crippen molar-refractivity contribution < 1.29 is 22.7 Å². The van der Waals surface area contributed by atoms with Gasteiger partial charge in [0.05, 0.1) is 5.02 Å². The van der Waals surface area contributed by atoms with Crippen molar-refractivity contribution in [2.45, 2.75) is 63.3 Å². The third-order valence-electron chi connectivity index (χ3n) is 5.93. The maximum atomic E-state index is 13.7. The first-order valence-electron chi connectivity index (χ1n) is 12.4. The highest BCUT2D eigenvalue weighted by Gasteiger charge is 2.29. The molecule has 3 rings (SSSR count). The van der Waals surface area contributed by atoms with Crippen molar-refractivity contribution in [3.05, 3.63) is 82.1 Å². The lowest BCUT2D eigenvalue weighted by Crippen LogP contribution is -2.31. The zero-order valence-corrected chi connectivity index (χ0v) is 23.1. The molecule has 1 N–H and O–H groups in total. The SMILES string of the molecule is CCCCCCCCCN(Cc1cccc(Oc2ccc(F)cc2)c1)S(=O)(=O)c1cc(Cl)cc(Cl)c1O. The van der Waals surface area contributed by atoms with Crippen LogP contribution in [0.15, 0.2) is 65.6 Å². The molecule has 0 radical (unpaired) electrons. The molecule has 0 bridgehead atoms. The van der Waals surface area contributed by atoms with E-state index in [2.05, 4.69) is 6.92 Å². The van der Waals surface area contributed by atoms with E-state index in [0.717, 1.165) is 19.3 Å². The number of halogens is 3. The number of hydrogen-bond acceptors (Lipinski definition) is 4. The number of nitrogens with zero attached hydrogens (tertiary/aromatic N) is 1. The minimum Gasteiger partial charge on any atom is -0.505 e. The second kappa shape index (κ2) is 14.0. The van der Waals surface area contributed by atoms with E-state index >= 15 is 0 Å². The fraction of sp³-hybridized carbons (Fsp3) is 0.357. The van der Waals surface area contributed by atoms with Crippen LogP contribution in [0.3, 0.4) is 0 Å². The Labute approximate surface area is 228 Å². The van der Waals surface area contributed by atoms with E-state index in [9.17, 15) is 17.9 Å².